The largest absolute Gasteiger partial charge is 0.455 e. The van der Waals surface area contributed by atoms with Crippen molar-refractivity contribution in [3.05, 3.63) is 69.8 Å². The summed E-state index contributed by atoms with van der Waals surface area (Å²) < 4.78 is 47.1. The second-order valence-electron chi connectivity index (χ2n) is 7.80. The maximum absolute atomic E-state index is 13.5. The summed E-state index contributed by atoms with van der Waals surface area (Å²) in [6.45, 7) is -0.458. The van der Waals surface area contributed by atoms with Crippen molar-refractivity contribution in [3.8, 4) is 11.5 Å². The quantitative estimate of drug-likeness (QED) is 0.308. The number of rotatable bonds is 6. The Morgan fingerprint density at radius 3 is 2.68 bits per heavy atom. The first kappa shape index (κ1) is 23.2. The first-order valence-corrected chi connectivity index (χ1v) is 10.5. The number of anilines is 1. The molecule has 0 saturated carbocycles. The summed E-state index contributed by atoms with van der Waals surface area (Å²) in [5, 5.41) is 17.5. The third-order valence-corrected chi connectivity index (χ3v) is 5.32. The average molecular weight is 475 g/mol. The van der Waals surface area contributed by atoms with E-state index in [9.17, 15) is 28.1 Å². The number of amides is 1. The summed E-state index contributed by atoms with van der Waals surface area (Å²) in [6.07, 6.45) is 1.11. The maximum atomic E-state index is 13.5. The number of nitro benzene ring substituents is 1. The molecule has 1 aliphatic rings. The number of carbonyl (C=O) groups is 1. The molecule has 0 fully saturated rings. The Morgan fingerprint density at radius 2 is 1.97 bits per heavy atom. The number of hydrogen-bond acceptors (Lipinski definition) is 6. The van der Waals surface area contributed by atoms with Crippen molar-refractivity contribution in [2.24, 2.45) is 0 Å². The Hall–Kier alpha value is -3.96. The van der Waals surface area contributed by atoms with Gasteiger partial charge in [0.2, 0.25) is 5.91 Å². The van der Waals surface area contributed by atoms with E-state index in [0.717, 1.165) is 17.2 Å². The van der Waals surface area contributed by atoms with E-state index < -0.39 is 29.2 Å². The maximum Gasteiger partial charge on any atom is 0.435 e. The van der Waals surface area contributed by atoms with Crippen LogP contribution in [0.3, 0.4) is 0 Å². The second kappa shape index (κ2) is 9.49. The van der Waals surface area contributed by atoms with Gasteiger partial charge in [0, 0.05) is 29.6 Å². The third-order valence-electron chi connectivity index (χ3n) is 5.32. The molecule has 34 heavy (non-hydrogen) atoms. The van der Waals surface area contributed by atoms with Gasteiger partial charge in [-0.1, -0.05) is 6.42 Å². The Morgan fingerprint density at radius 1 is 1.18 bits per heavy atom. The van der Waals surface area contributed by atoms with Crippen molar-refractivity contribution in [1.82, 2.24) is 14.8 Å². The average Bonchev–Trinajstić information content (AvgIpc) is 2.95. The van der Waals surface area contributed by atoms with Crippen LogP contribution in [0.15, 0.2) is 42.7 Å². The minimum absolute atomic E-state index is 0.0624. The van der Waals surface area contributed by atoms with Crippen molar-refractivity contribution < 1.29 is 27.6 Å². The zero-order valence-corrected chi connectivity index (χ0v) is 17.8. The van der Waals surface area contributed by atoms with Gasteiger partial charge in [-0.3, -0.25) is 24.6 Å². The molecule has 12 heteroatoms. The van der Waals surface area contributed by atoms with Gasteiger partial charge in [0.15, 0.2) is 5.69 Å². The highest BCUT2D eigenvalue weighted by Crippen LogP contribution is 2.35. The van der Waals surface area contributed by atoms with Gasteiger partial charge in [0.05, 0.1) is 22.9 Å². The fraction of sp³-hybridized carbons (Fsp3) is 0.318. The van der Waals surface area contributed by atoms with E-state index >= 15 is 0 Å². The highest BCUT2D eigenvalue weighted by atomic mass is 19.4. The molecule has 0 atom stereocenters. The summed E-state index contributed by atoms with van der Waals surface area (Å²) in [4.78, 5) is 27.3. The SMILES string of the molecule is O=C(Cn1nc(C(F)(F)F)c2c1CCCCC2)Nc1cc(Oc2cccnc2)cc([N+](=O)[O-])c1. The molecular weight excluding hydrogens is 455 g/mol. The summed E-state index contributed by atoms with van der Waals surface area (Å²) in [6, 6.07) is 6.93. The fourth-order valence-electron chi connectivity index (χ4n) is 3.91. The molecule has 0 saturated heterocycles. The molecule has 4 rings (SSSR count). The second-order valence-corrected chi connectivity index (χ2v) is 7.80. The summed E-state index contributed by atoms with van der Waals surface area (Å²) in [5.74, 6) is -0.250. The van der Waals surface area contributed by atoms with Gasteiger partial charge in [-0.2, -0.15) is 18.3 Å². The van der Waals surface area contributed by atoms with Crippen LogP contribution in [0.1, 0.15) is 36.2 Å². The van der Waals surface area contributed by atoms with Crippen molar-refractivity contribution in [1.29, 1.82) is 0 Å². The highest BCUT2D eigenvalue weighted by molar-refractivity contribution is 5.91. The summed E-state index contributed by atoms with van der Waals surface area (Å²) >= 11 is 0. The zero-order valence-electron chi connectivity index (χ0n) is 17.8. The lowest BCUT2D eigenvalue weighted by Crippen LogP contribution is -2.21. The lowest BCUT2D eigenvalue weighted by atomic mass is 10.1. The number of nitro groups is 1. The predicted octanol–water partition coefficient (Wildman–Crippen LogP) is 4.91. The van der Waals surface area contributed by atoms with Crippen LogP contribution >= 0.6 is 0 Å². The predicted molar refractivity (Wildman–Crippen MR) is 115 cm³/mol. The number of pyridine rings is 1. The monoisotopic (exact) mass is 475 g/mol. The molecule has 3 aromatic rings. The first-order chi connectivity index (χ1) is 16.2. The number of alkyl halides is 3. The number of hydrogen-bond donors (Lipinski definition) is 1. The van der Waals surface area contributed by atoms with Crippen LogP contribution in [-0.2, 0) is 30.4 Å². The zero-order chi connectivity index (χ0) is 24.3. The third kappa shape index (κ3) is 5.33. The molecule has 2 heterocycles. The Kier molecular flexibility index (Phi) is 6.48. The van der Waals surface area contributed by atoms with Crippen LogP contribution in [0.5, 0.6) is 11.5 Å². The molecule has 1 N–H and O–H groups in total. The summed E-state index contributed by atoms with van der Waals surface area (Å²) in [7, 11) is 0. The molecule has 0 bridgehead atoms. The number of nitrogens with zero attached hydrogens (tertiary/aromatic N) is 4. The molecule has 0 radical (unpaired) electrons. The van der Waals surface area contributed by atoms with E-state index in [2.05, 4.69) is 15.4 Å². The molecular formula is C22H20F3N5O4. The normalized spacial score (nSPS) is 13.6. The van der Waals surface area contributed by atoms with Crippen LogP contribution in [0, 0.1) is 10.1 Å². The summed E-state index contributed by atoms with van der Waals surface area (Å²) in [5.41, 5.74) is -0.684. The van der Waals surface area contributed by atoms with Crippen LogP contribution < -0.4 is 10.1 Å². The molecule has 0 spiro atoms. The number of aromatic nitrogens is 3. The lowest BCUT2D eigenvalue weighted by Gasteiger charge is -2.11. The molecule has 1 amide bonds. The van der Waals surface area contributed by atoms with E-state index in [1.54, 1.807) is 12.1 Å². The number of carbonyl (C=O) groups excluding carboxylic acids is 1. The van der Waals surface area contributed by atoms with Gasteiger partial charge >= 0.3 is 6.18 Å². The van der Waals surface area contributed by atoms with Crippen LogP contribution in [-0.4, -0.2) is 25.6 Å². The van der Waals surface area contributed by atoms with Gasteiger partial charge in [-0.25, -0.2) is 0 Å². The minimum atomic E-state index is -4.62. The molecule has 178 valence electrons. The topological polar surface area (TPSA) is 112 Å². The molecule has 9 nitrogen and oxygen atoms in total. The Balaban J connectivity index is 1.57. The molecule has 0 aliphatic heterocycles. The van der Waals surface area contributed by atoms with E-state index in [1.807, 2.05) is 0 Å². The fourth-order valence-corrected chi connectivity index (χ4v) is 3.91. The number of ether oxygens (including phenoxy) is 1. The van der Waals surface area contributed by atoms with Crippen molar-refractivity contribution >= 4 is 17.3 Å². The van der Waals surface area contributed by atoms with Gasteiger partial charge in [0.1, 0.15) is 18.0 Å². The number of fused-ring (bicyclic) bond motifs is 1. The van der Waals surface area contributed by atoms with E-state index in [0.29, 0.717) is 30.7 Å². The smallest absolute Gasteiger partial charge is 0.435 e. The van der Waals surface area contributed by atoms with Crippen molar-refractivity contribution in [2.45, 2.75) is 44.8 Å². The van der Waals surface area contributed by atoms with Gasteiger partial charge in [-0.15, -0.1) is 0 Å². The van der Waals surface area contributed by atoms with E-state index in [-0.39, 0.29) is 29.1 Å². The van der Waals surface area contributed by atoms with Crippen LogP contribution in [0.25, 0.3) is 0 Å². The van der Waals surface area contributed by atoms with E-state index in [4.69, 9.17) is 4.74 Å². The van der Waals surface area contributed by atoms with Crippen LogP contribution in [0.4, 0.5) is 24.5 Å². The number of benzene rings is 1. The first-order valence-electron chi connectivity index (χ1n) is 10.5. The highest BCUT2D eigenvalue weighted by Gasteiger charge is 2.39. The lowest BCUT2D eigenvalue weighted by molar-refractivity contribution is -0.384. The van der Waals surface area contributed by atoms with Crippen molar-refractivity contribution in [3.63, 3.8) is 0 Å². The Bertz CT molecular complexity index is 1210. The molecule has 1 aliphatic carbocycles. The van der Waals surface area contributed by atoms with Gasteiger partial charge in [0.25, 0.3) is 5.69 Å². The van der Waals surface area contributed by atoms with Crippen molar-refractivity contribution in [2.75, 3.05) is 5.32 Å². The molecule has 1 aromatic carbocycles. The van der Waals surface area contributed by atoms with Gasteiger partial charge < -0.3 is 10.1 Å². The molecule has 2 aromatic heterocycles. The Labute approximate surface area is 191 Å². The minimum Gasteiger partial charge on any atom is -0.455 e. The number of nitrogens with one attached hydrogen (secondary N) is 1. The van der Waals surface area contributed by atoms with E-state index in [1.165, 1.54) is 24.5 Å². The number of halogens is 3. The standard InChI is InChI=1S/C22H20F3N5O4/c23-22(24,25)21-18-6-2-1-3-7-19(18)29(28-21)13-20(31)27-14-9-15(30(32)33)11-17(10-14)34-16-5-4-8-26-12-16/h4-5,8-12H,1-3,6-7,13H2,(H,27,31). The molecule has 0 unspecified atom stereocenters. The number of non-ortho nitro benzene ring substituents is 1. The van der Waals surface area contributed by atoms with Gasteiger partial charge in [-0.05, 0) is 37.8 Å². The van der Waals surface area contributed by atoms with Crippen LogP contribution in [0.2, 0.25) is 0 Å².